The molecule has 2 N–H and O–H groups in total. The van der Waals surface area contributed by atoms with Crippen LogP contribution < -0.4 is 5.73 Å². The first-order chi connectivity index (χ1) is 7.24. The zero-order valence-corrected chi connectivity index (χ0v) is 9.39. The summed E-state index contributed by atoms with van der Waals surface area (Å²) in [5.74, 6) is 0.858. The molecule has 0 amide bonds. The van der Waals surface area contributed by atoms with E-state index in [9.17, 15) is 0 Å². The first kappa shape index (κ1) is 10.6. The highest BCUT2D eigenvalue weighted by Crippen LogP contribution is 2.28. The van der Waals surface area contributed by atoms with Crippen molar-refractivity contribution in [2.24, 2.45) is 18.7 Å². The Bertz CT molecular complexity index is 301. The summed E-state index contributed by atoms with van der Waals surface area (Å²) >= 11 is 0. The van der Waals surface area contributed by atoms with Gasteiger partial charge in [0.1, 0.15) is 0 Å². The molecule has 1 fully saturated rings. The average molecular weight is 208 g/mol. The molecule has 84 valence electrons. The number of hydrogen-bond acceptors (Lipinski definition) is 3. The number of nitrogens with two attached hydrogens (primary N) is 1. The molecule has 2 rings (SSSR count). The van der Waals surface area contributed by atoms with Gasteiger partial charge in [0.2, 0.25) is 0 Å². The van der Waals surface area contributed by atoms with E-state index in [1.807, 2.05) is 13.2 Å². The highest BCUT2D eigenvalue weighted by Gasteiger charge is 2.18. The van der Waals surface area contributed by atoms with E-state index < -0.39 is 0 Å². The molecular formula is C11H20N4. The van der Waals surface area contributed by atoms with E-state index in [4.69, 9.17) is 5.73 Å². The topological polar surface area (TPSA) is 56.7 Å². The third-order valence-electron chi connectivity index (χ3n) is 3.23. The molecule has 0 aromatic carbocycles. The van der Waals surface area contributed by atoms with Crippen molar-refractivity contribution in [1.29, 1.82) is 0 Å². The van der Waals surface area contributed by atoms with Crippen LogP contribution >= 0.6 is 0 Å². The lowest BCUT2D eigenvalue weighted by molar-refractivity contribution is 0.438. The van der Waals surface area contributed by atoms with Gasteiger partial charge in [0.25, 0.3) is 0 Å². The molecule has 1 aliphatic rings. The van der Waals surface area contributed by atoms with E-state index >= 15 is 0 Å². The molecule has 4 nitrogen and oxygen atoms in total. The van der Waals surface area contributed by atoms with E-state index in [2.05, 4.69) is 10.3 Å². The number of aromatic nitrogens is 3. The van der Waals surface area contributed by atoms with Crippen LogP contribution in [0.4, 0.5) is 0 Å². The number of hydrogen-bond donors (Lipinski definition) is 1. The molecule has 0 spiro atoms. The smallest absolute Gasteiger partial charge is 0.0842 e. The van der Waals surface area contributed by atoms with Crippen molar-refractivity contribution in [2.45, 2.75) is 44.6 Å². The Balaban J connectivity index is 1.78. The maximum absolute atomic E-state index is 6.12. The number of rotatable bonds is 4. The van der Waals surface area contributed by atoms with Crippen molar-refractivity contribution in [2.75, 3.05) is 0 Å². The molecule has 1 unspecified atom stereocenters. The summed E-state index contributed by atoms with van der Waals surface area (Å²) in [7, 11) is 1.89. The molecule has 1 atom stereocenters. The first-order valence-corrected chi connectivity index (χ1v) is 5.85. The summed E-state index contributed by atoms with van der Waals surface area (Å²) in [5.41, 5.74) is 7.13. The summed E-state index contributed by atoms with van der Waals surface area (Å²) in [5, 5.41) is 7.98. The quantitative estimate of drug-likeness (QED) is 0.810. The van der Waals surface area contributed by atoms with Crippen molar-refractivity contribution in [3.05, 3.63) is 11.9 Å². The molecule has 0 saturated heterocycles. The summed E-state index contributed by atoms with van der Waals surface area (Å²) in [6, 6.07) is 0.254. The molecule has 15 heavy (non-hydrogen) atoms. The summed E-state index contributed by atoms with van der Waals surface area (Å²) in [6.07, 6.45) is 9.49. The van der Waals surface area contributed by atoms with Crippen LogP contribution in [0.2, 0.25) is 0 Å². The maximum atomic E-state index is 6.12. The van der Waals surface area contributed by atoms with Crippen molar-refractivity contribution < 1.29 is 0 Å². The summed E-state index contributed by atoms with van der Waals surface area (Å²) in [6.45, 7) is 0. The molecule has 4 heteroatoms. The van der Waals surface area contributed by atoms with Gasteiger partial charge in [-0.15, -0.1) is 5.10 Å². The largest absolute Gasteiger partial charge is 0.327 e. The Morgan fingerprint density at radius 1 is 1.53 bits per heavy atom. The van der Waals surface area contributed by atoms with Gasteiger partial charge in [-0.1, -0.05) is 30.9 Å². The lowest BCUT2D eigenvalue weighted by Gasteiger charge is -2.14. The first-order valence-electron chi connectivity index (χ1n) is 5.85. The minimum atomic E-state index is 0.254. The highest BCUT2D eigenvalue weighted by molar-refractivity contribution is 4.95. The van der Waals surface area contributed by atoms with Crippen LogP contribution in [0, 0.1) is 5.92 Å². The van der Waals surface area contributed by atoms with E-state index in [1.54, 1.807) is 4.68 Å². The monoisotopic (exact) mass is 208 g/mol. The van der Waals surface area contributed by atoms with Gasteiger partial charge in [-0.3, -0.25) is 4.68 Å². The Morgan fingerprint density at radius 3 is 2.87 bits per heavy atom. The van der Waals surface area contributed by atoms with E-state index in [0.717, 1.165) is 24.5 Å². The second-order valence-electron chi connectivity index (χ2n) is 4.73. The fourth-order valence-corrected chi connectivity index (χ4v) is 2.51. The standard InChI is InChI=1S/C11H20N4/c1-15-8-11(13-14-15)7-10(12)6-9-4-2-3-5-9/h8-10H,2-7,12H2,1H3. The van der Waals surface area contributed by atoms with Gasteiger partial charge in [0.05, 0.1) is 5.69 Å². The van der Waals surface area contributed by atoms with Gasteiger partial charge in [-0.05, 0) is 12.3 Å². The number of aryl methyl sites for hydroxylation is 1. The molecule has 1 aromatic rings. The van der Waals surface area contributed by atoms with Crippen LogP contribution in [0.3, 0.4) is 0 Å². The van der Waals surface area contributed by atoms with Crippen LogP contribution in [0.5, 0.6) is 0 Å². The molecule has 0 aliphatic heterocycles. The number of nitrogens with zero attached hydrogens (tertiary/aromatic N) is 3. The molecule has 0 radical (unpaired) electrons. The zero-order valence-electron chi connectivity index (χ0n) is 9.39. The second-order valence-corrected chi connectivity index (χ2v) is 4.73. The predicted molar refractivity (Wildman–Crippen MR) is 59.3 cm³/mol. The lowest BCUT2D eigenvalue weighted by Crippen LogP contribution is -2.25. The van der Waals surface area contributed by atoms with Crippen LogP contribution in [0.1, 0.15) is 37.8 Å². The van der Waals surface area contributed by atoms with Crippen molar-refractivity contribution in [3.63, 3.8) is 0 Å². The van der Waals surface area contributed by atoms with E-state index in [0.29, 0.717) is 0 Å². The maximum Gasteiger partial charge on any atom is 0.0842 e. The van der Waals surface area contributed by atoms with Gasteiger partial charge in [-0.2, -0.15) is 0 Å². The zero-order chi connectivity index (χ0) is 10.7. The van der Waals surface area contributed by atoms with Crippen LogP contribution in [0.25, 0.3) is 0 Å². The van der Waals surface area contributed by atoms with Crippen LogP contribution in [-0.2, 0) is 13.5 Å². The molecule has 1 aliphatic carbocycles. The van der Waals surface area contributed by atoms with Gasteiger partial charge in [0.15, 0.2) is 0 Å². The Kier molecular flexibility index (Phi) is 3.36. The SMILES string of the molecule is Cn1cc(CC(N)CC2CCCC2)nn1. The lowest BCUT2D eigenvalue weighted by atomic mass is 9.96. The molecular weight excluding hydrogens is 188 g/mol. The summed E-state index contributed by atoms with van der Waals surface area (Å²) in [4.78, 5) is 0. The Labute approximate surface area is 90.8 Å². The Hall–Kier alpha value is -0.900. The van der Waals surface area contributed by atoms with Crippen LogP contribution in [-0.4, -0.2) is 21.0 Å². The van der Waals surface area contributed by atoms with Gasteiger partial charge in [0, 0.05) is 25.7 Å². The van der Waals surface area contributed by atoms with Crippen molar-refractivity contribution >= 4 is 0 Å². The molecule has 1 heterocycles. The van der Waals surface area contributed by atoms with Gasteiger partial charge >= 0.3 is 0 Å². The van der Waals surface area contributed by atoms with Crippen molar-refractivity contribution in [3.8, 4) is 0 Å². The van der Waals surface area contributed by atoms with Gasteiger partial charge in [-0.25, -0.2) is 0 Å². The fourth-order valence-electron chi connectivity index (χ4n) is 2.51. The third-order valence-corrected chi connectivity index (χ3v) is 3.23. The highest BCUT2D eigenvalue weighted by atomic mass is 15.4. The average Bonchev–Trinajstić information content (AvgIpc) is 2.77. The second kappa shape index (κ2) is 4.75. The van der Waals surface area contributed by atoms with Gasteiger partial charge < -0.3 is 5.73 Å². The third kappa shape index (κ3) is 3.02. The summed E-state index contributed by atoms with van der Waals surface area (Å²) < 4.78 is 1.73. The minimum absolute atomic E-state index is 0.254. The van der Waals surface area contributed by atoms with E-state index in [-0.39, 0.29) is 6.04 Å². The fraction of sp³-hybridized carbons (Fsp3) is 0.818. The molecule has 1 aromatic heterocycles. The van der Waals surface area contributed by atoms with Crippen molar-refractivity contribution in [1.82, 2.24) is 15.0 Å². The van der Waals surface area contributed by atoms with E-state index in [1.165, 1.54) is 25.7 Å². The molecule has 0 bridgehead atoms. The Morgan fingerprint density at radius 2 is 2.27 bits per heavy atom. The predicted octanol–water partition coefficient (Wildman–Crippen LogP) is 1.27. The molecule has 1 saturated carbocycles. The van der Waals surface area contributed by atoms with Crippen LogP contribution in [0.15, 0.2) is 6.20 Å². The minimum Gasteiger partial charge on any atom is -0.327 e. The normalized spacial score (nSPS) is 19.6.